The molecule has 0 bridgehead atoms. The molecular formula is C18H18BrN3O3. The number of ether oxygens (including phenoxy) is 2. The zero-order chi connectivity index (χ0) is 17.5. The molecule has 0 fully saturated rings. The van der Waals surface area contributed by atoms with Gasteiger partial charge in [0, 0.05) is 24.2 Å². The summed E-state index contributed by atoms with van der Waals surface area (Å²) in [6, 6.07) is 11.5. The minimum absolute atomic E-state index is 0.0234. The molecule has 6 nitrogen and oxygen atoms in total. The Morgan fingerprint density at radius 3 is 2.48 bits per heavy atom. The summed E-state index contributed by atoms with van der Waals surface area (Å²) in [5, 5.41) is 13.3. The summed E-state index contributed by atoms with van der Waals surface area (Å²) in [6.45, 7) is 1.24. The number of nitrogens with zero attached hydrogens (tertiary/aromatic N) is 3. The second kappa shape index (κ2) is 8.75. The minimum atomic E-state index is 0.0234. The summed E-state index contributed by atoms with van der Waals surface area (Å²) in [7, 11) is 0. The van der Waals surface area contributed by atoms with Crippen LogP contribution in [0.4, 0.5) is 0 Å². The van der Waals surface area contributed by atoms with Crippen LogP contribution in [0.25, 0.3) is 16.9 Å². The van der Waals surface area contributed by atoms with Crippen molar-refractivity contribution < 1.29 is 14.6 Å². The Hall–Kier alpha value is -2.22. The average molecular weight is 404 g/mol. The Morgan fingerprint density at radius 2 is 1.76 bits per heavy atom. The number of aliphatic hydroxyl groups excluding tert-OH is 1. The first-order valence-corrected chi connectivity index (χ1v) is 8.64. The summed E-state index contributed by atoms with van der Waals surface area (Å²) in [6.07, 6.45) is 5.42. The molecule has 1 aromatic carbocycles. The summed E-state index contributed by atoms with van der Waals surface area (Å²) in [5.41, 5.74) is 2.80. The number of benzene rings is 1. The van der Waals surface area contributed by atoms with E-state index in [9.17, 15) is 0 Å². The molecule has 3 aromatic rings. The van der Waals surface area contributed by atoms with Crippen molar-refractivity contribution in [3.05, 3.63) is 59.5 Å². The normalized spacial score (nSPS) is 10.8. The van der Waals surface area contributed by atoms with Crippen molar-refractivity contribution >= 4 is 15.9 Å². The van der Waals surface area contributed by atoms with Crippen LogP contribution in [0.15, 0.2) is 59.5 Å². The molecule has 2 heterocycles. The lowest BCUT2D eigenvalue weighted by molar-refractivity contribution is 0.0705. The molecular weight excluding hydrogens is 386 g/mol. The van der Waals surface area contributed by atoms with E-state index in [-0.39, 0.29) is 6.61 Å². The fourth-order valence-electron chi connectivity index (χ4n) is 2.27. The van der Waals surface area contributed by atoms with Crippen LogP contribution < -0.4 is 4.74 Å². The van der Waals surface area contributed by atoms with E-state index in [1.165, 1.54) is 0 Å². The third kappa shape index (κ3) is 4.66. The van der Waals surface area contributed by atoms with Gasteiger partial charge in [-0.15, -0.1) is 0 Å². The molecule has 0 atom stereocenters. The molecule has 0 aliphatic carbocycles. The highest BCUT2D eigenvalue weighted by molar-refractivity contribution is 9.10. The highest BCUT2D eigenvalue weighted by Crippen LogP contribution is 2.27. The molecule has 7 heteroatoms. The Bertz CT molecular complexity index is 791. The molecule has 0 saturated heterocycles. The standard InChI is InChI=1S/C18H18BrN3O3/c19-17-13-22(21-18(17)14-5-7-20-8-6-14)15-1-3-16(4-2-15)25-12-11-24-10-9-23/h1-8,13,23H,9-12H2. The molecule has 3 rings (SSSR count). The predicted octanol–water partition coefficient (Wildman–Crippen LogP) is 3.08. The van der Waals surface area contributed by atoms with Gasteiger partial charge in [-0.1, -0.05) is 0 Å². The zero-order valence-electron chi connectivity index (χ0n) is 13.5. The molecule has 0 saturated carbocycles. The van der Waals surface area contributed by atoms with Crippen LogP contribution in [0.3, 0.4) is 0 Å². The smallest absolute Gasteiger partial charge is 0.119 e. The molecule has 2 aromatic heterocycles. The van der Waals surface area contributed by atoms with Gasteiger partial charge >= 0.3 is 0 Å². The first kappa shape index (κ1) is 17.6. The summed E-state index contributed by atoms with van der Waals surface area (Å²) < 4.78 is 13.5. The van der Waals surface area contributed by atoms with Crippen LogP contribution in [0, 0.1) is 0 Å². The molecule has 0 spiro atoms. The van der Waals surface area contributed by atoms with Gasteiger partial charge in [-0.05, 0) is 52.3 Å². The number of aliphatic hydroxyl groups is 1. The van der Waals surface area contributed by atoms with Gasteiger partial charge in [-0.25, -0.2) is 4.68 Å². The lowest BCUT2D eigenvalue weighted by Gasteiger charge is -2.07. The third-order valence-corrected chi connectivity index (χ3v) is 4.04. The highest BCUT2D eigenvalue weighted by Gasteiger charge is 2.10. The largest absolute Gasteiger partial charge is 0.491 e. The monoisotopic (exact) mass is 403 g/mol. The molecule has 0 amide bonds. The Kier molecular flexibility index (Phi) is 6.16. The maximum atomic E-state index is 8.63. The molecule has 25 heavy (non-hydrogen) atoms. The van der Waals surface area contributed by atoms with Gasteiger partial charge in [0.05, 0.1) is 30.0 Å². The summed E-state index contributed by atoms with van der Waals surface area (Å²) in [5.74, 6) is 0.761. The molecule has 0 unspecified atom stereocenters. The van der Waals surface area contributed by atoms with Crippen molar-refractivity contribution in [2.24, 2.45) is 0 Å². The first-order chi connectivity index (χ1) is 12.3. The minimum Gasteiger partial charge on any atom is -0.491 e. The number of hydrogen-bond donors (Lipinski definition) is 1. The van der Waals surface area contributed by atoms with E-state index in [0.29, 0.717) is 19.8 Å². The molecule has 0 aliphatic heterocycles. The van der Waals surface area contributed by atoms with E-state index in [1.807, 2.05) is 47.3 Å². The molecule has 0 aliphatic rings. The maximum Gasteiger partial charge on any atom is 0.119 e. The second-order valence-corrected chi connectivity index (χ2v) is 6.04. The fraction of sp³-hybridized carbons (Fsp3) is 0.222. The first-order valence-electron chi connectivity index (χ1n) is 7.85. The molecule has 130 valence electrons. The summed E-state index contributed by atoms with van der Waals surface area (Å²) >= 11 is 3.56. The fourth-order valence-corrected chi connectivity index (χ4v) is 2.77. The van der Waals surface area contributed by atoms with Gasteiger partial charge in [0.25, 0.3) is 0 Å². The van der Waals surface area contributed by atoms with E-state index < -0.39 is 0 Å². The van der Waals surface area contributed by atoms with E-state index in [4.69, 9.17) is 14.6 Å². The molecule has 1 N–H and O–H groups in total. The van der Waals surface area contributed by atoms with E-state index in [2.05, 4.69) is 26.0 Å². The highest BCUT2D eigenvalue weighted by atomic mass is 79.9. The topological polar surface area (TPSA) is 69.4 Å². The van der Waals surface area contributed by atoms with Gasteiger partial charge in [0.2, 0.25) is 0 Å². The van der Waals surface area contributed by atoms with Gasteiger partial charge in [-0.2, -0.15) is 5.10 Å². The van der Waals surface area contributed by atoms with E-state index >= 15 is 0 Å². The van der Waals surface area contributed by atoms with Crippen LogP contribution >= 0.6 is 15.9 Å². The van der Waals surface area contributed by atoms with Crippen LogP contribution in [-0.2, 0) is 4.74 Å². The van der Waals surface area contributed by atoms with Crippen LogP contribution in [0.1, 0.15) is 0 Å². The lowest BCUT2D eigenvalue weighted by Crippen LogP contribution is -2.09. The third-order valence-electron chi connectivity index (χ3n) is 3.46. The average Bonchev–Trinajstić information content (AvgIpc) is 3.04. The van der Waals surface area contributed by atoms with Gasteiger partial charge in [0.1, 0.15) is 18.1 Å². The molecule has 0 radical (unpaired) electrons. The Labute approximate surface area is 154 Å². The van der Waals surface area contributed by atoms with Crippen LogP contribution in [0.2, 0.25) is 0 Å². The number of aromatic nitrogens is 3. The number of hydrogen-bond acceptors (Lipinski definition) is 5. The van der Waals surface area contributed by atoms with Gasteiger partial charge in [0.15, 0.2) is 0 Å². The van der Waals surface area contributed by atoms with Gasteiger partial charge < -0.3 is 14.6 Å². The van der Waals surface area contributed by atoms with Crippen molar-refractivity contribution in [1.29, 1.82) is 0 Å². The second-order valence-electron chi connectivity index (χ2n) is 5.18. The van der Waals surface area contributed by atoms with E-state index in [1.54, 1.807) is 12.4 Å². The summed E-state index contributed by atoms with van der Waals surface area (Å²) in [4.78, 5) is 4.03. The Morgan fingerprint density at radius 1 is 1.00 bits per heavy atom. The van der Waals surface area contributed by atoms with Crippen molar-refractivity contribution in [3.8, 4) is 22.7 Å². The van der Waals surface area contributed by atoms with E-state index in [0.717, 1.165) is 27.2 Å². The quantitative estimate of drug-likeness (QED) is 0.585. The van der Waals surface area contributed by atoms with Crippen molar-refractivity contribution in [1.82, 2.24) is 14.8 Å². The number of halogens is 1. The maximum absolute atomic E-state index is 8.63. The lowest BCUT2D eigenvalue weighted by atomic mass is 10.2. The zero-order valence-corrected chi connectivity index (χ0v) is 15.1. The van der Waals surface area contributed by atoms with Gasteiger partial charge in [-0.3, -0.25) is 4.98 Å². The predicted molar refractivity (Wildman–Crippen MR) is 97.9 cm³/mol. The van der Waals surface area contributed by atoms with Crippen LogP contribution in [0.5, 0.6) is 5.75 Å². The SMILES string of the molecule is OCCOCCOc1ccc(-n2cc(Br)c(-c3ccncc3)n2)cc1. The van der Waals surface area contributed by atoms with Crippen LogP contribution in [-0.4, -0.2) is 46.3 Å². The van der Waals surface area contributed by atoms with Crippen molar-refractivity contribution in [3.63, 3.8) is 0 Å². The number of pyridine rings is 1. The van der Waals surface area contributed by atoms with Crippen molar-refractivity contribution in [2.75, 3.05) is 26.4 Å². The van der Waals surface area contributed by atoms with Crippen molar-refractivity contribution in [2.45, 2.75) is 0 Å². The Balaban J connectivity index is 1.67. The number of rotatable bonds is 8.